The van der Waals surface area contributed by atoms with Crippen LogP contribution in [0, 0.1) is 0 Å². The molecule has 0 saturated carbocycles. The first kappa shape index (κ1) is 25.4. The van der Waals surface area contributed by atoms with Crippen molar-refractivity contribution in [2.75, 3.05) is 31.2 Å². The lowest BCUT2D eigenvalue weighted by molar-refractivity contribution is 0.220. The third-order valence-corrected chi connectivity index (χ3v) is 6.65. The van der Waals surface area contributed by atoms with Crippen LogP contribution in [-0.2, 0) is 10.2 Å². The Kier molecular flexibility index (Phi) is 9.58. The van der Waals surface area contributed by atoms with Crippen molar-refractivity contribution in [2.45, 2.75) is 67.2 Å². The zero-order valence-electron chi connectivity index (χ0n) is 19.2. The number of nitrogens with one attached hydrogen (secondary N) is 1. The average Bonchev–Trinajstić information content (AvgIpc) is 2.65. The van der Waals surface area contributed by atoms with Gasteiger partial charge in [0.25, 0.3) is 0 Å². The lowest BCUT2D eigenvalue weighted by atomic mass is 9.92. The van der Waals surface area contributed by atoms with Crippen molar-refractivity contribution in [3.05, 3.63) is 29.3 Å². The molecule has 0 unspecified atom stereocenters. The van der Waals surface area contributed by atoms with E-state index in [2.05, 4.69) is 32.4 Å². The Labute approximate surface area is 177 Å². The summed E-state index contributed by atoms with van der Waals surface area (Å²) >= 11 is 0. The minimum absolute atomic E-state index is 0.175. The molecule has 0 aromatic heterocycles. The maximum absolute atomic E-state index is 13.4. The fourth-order valence-corrected chi connectivity index (χ4v) is 4.53. The second-order valence-electron chi connectivity index (χ2n) is 7.54. The molecule has 0 fully saturated rings. The molecule has 29 heavy (non-hydrogen) atoms. The molecule has 0 heterocycles. The number of hydrogen-bond acceptors (Lipinski definition) is 4. The van der Waals surface area contributed by atoms with E-state index in [1.165, 1.54) is 9.31 Å². The number of benzene rings is 1. The minimum Gasteiger partial charge on any atom is -0.246 e. The number of para-hydroxylation sites is 1. The van der Waals surface area contributed by atoms with E-state index >= 15 is 0 Å². The summed E-state index contributed by atoms with van der Waals surface area (Å²) in [5.41, 5.74) is 2.80. The van der Waals surface area contributed by atoms with Crippen molar-refractivity contribution in [1.29, 1.82) is 0 Å². The van der Waals surface area contributed by atoms with E-state index < -0.39 is 16.2 Å². The number of anilines is 1. The van der Waals surface area contributed by atoms with Crippen molar-refractivity contribution >= 4 is 21.9 Å². The van der Waals surface area contributed by atoms with Crippen molar-refractivity contribution in [3.63, 3.8) is 0 Å². The number of hydrogen-bond donors (Lipinski definition) is 1. The molecular formula is C21H38N4O3S. The first-order valence-corrected chi connectivity index (χ1v) is 12.0. The third-order valence-electron chi connectivity index (χ3n) is 5.02. The number of rotatable bonds is 10. The van der Waals surface area contributed by atoms with Gasteiger partial charge in [-0.25, -0.2) is 19.5 Å². The minimum atomic E-state index is -3.93. The predicted octanol–water partition coefficient (Wildman–Crippen LogP) is 4.29. The van der Waals surface area contributed by atoms with Crippen molar-refractivity contribution < 1.29 is 13.2 Å². The summed E-state index contributed by atoms with van der Waals surface area (Å²) in [7, 11) is -3.93. The zero-order valence-corrected chi connectivity index (χ0v) is 20.0. The predicted molar refractivity (Wildman–Crippen MR) is 120 cm³/mol. The number of nitrogens with zero attached hydrogens (tertiary/aromatic N) is 3. The molecule has 0 aliphatic carbocycles. The van der Waals surface area contributed by atoms with Crippen molar-refractivity contribution in [2.24, 2.45) is 0 Å². The Balaban J connectivity index is 3.62. The Morgan fingerprint density at radius 3 is 1.69 bits per heavy atom. The first-order valence-electron chi connectivity index (χ1n) is 10.5. The second-order valence-corrected chi connectivity index (χ2v) is 9.21. The van der Waals surface area contributed by atoms with E-state index in [0.717, 1.165) is 16.8 Å². The van der Waals surface area contributed by atoms with Gasteiger partial charge in [0, 0.05) is 26.2 Å². The molecule has 0 aliphatic rings. The number of amides is 2. The van der Waals surface area contributed by atoms with Crippen LogP contribution < -0.4 is 9.73 Å². The maximum Gasteiger partial charge on any atom is 0.351 e. The Hall–Kier alpha value is -1.64. The molecule has 166 valence electrons. The van der Waals surface area contributed by atoms with Crippen LogP contribution in [0.2, 0.25) is 0 Å². The lowest BCUT2D eigenvalue weighted by Crippen LogP contribution is -2.55. The molecule has 0 radical (unpaired) electrons. The summed E-state index contributed by atoms with van der Waals surface area (Å²) in [6.07, 6.45) is 0. The topological polar surface area (TPSA) is 73.0 Å². The Morgan fingerprint density at radius 2 is 1.34 bits per heavy atom. The monoisotopic (exact) mass is 426 g/mol. The quantitative estimate of drug-likeness (QED) is 0.566. The molecule has 0 aliphatic heterocycles. The van der Waals surface area contributed by atoms with Crippen molar-refractivity contribution in [1.82, 2.24) is 14.0 Å². The van der Waals surface area contributed by atoms with Crippen LogP contribution in [-0.4, -0.2) is 49.9 Å². The van der Waals surface area contributed by atoms with E-state index in [4.69, 9.17) is 0 Å². The van der Waals surface area contributed by atoms with Gasteiger partial charge >= 0.3 is 16.2 Å². The van der Waals surface area contributed by atoms with Gasteiger partial charge in [-0.05, 0) is 23.0 Å². The highest BCUT2D eigenvalue weighted by Gasteiger charge is 2.32. The molecule has 1 aromatic carbocycles. The number of carbonyl (C=O) groups excluding carboxylic acids is 1. The average molecular weight is 427 g/mol. The normalized spacial score (nSPS) is 12.3. The second kappa shape index (κ2) is 10.9. The SMILES string of the molecule is CCN(CC)N(C(=O)NS(=O)(=O)N(CC)CC)c1c(C(C)C)cccc1C(C)C. The zero-order chi connectivity index (χ0) is 22.4. The summed E-state index contributed by atoms with van der Waals surface area (Å²) < 4.78 is 29.0. The molecule has 7 nitrogen and oxygen atoms in total. The van der Waals surface area contributed by atoms with Crippen LogP contribution in [0.15, 0.2) is 18.2 Å². The van der Waals surface area contributed by atoms with E-state index in [9.17, 15) is 13.2 Å². The number of carbonyl (C=O) groups is 1. The van der Waals surface area contributed by atoms with Gasteiger partial charge in [-0.2, -0.15) is 12.7 Å². The molecular weight excluding hydrogens is 388 g/mol. The van der Waals surface area contributed by atoms with Gasteiger partial charge in [-0.15, -0.1) is 0 Å². The summed E-state index contributed by atoms with van der Waals surface area (Å²) in [5.74, 6) is 0.350. The Bertz CT molecular complexity index is 744. The van der Waals surface area contributed by atoms with E-state index in [-0.39, 0.29) is 11.8 Å². The maximum atomic E-state index is 13.4. The van der Waals surface area contributed by atoms with Crippen LogP contribution in [0.5, 0.6) is 0 Å². The van der Waals surface area contributed by atoms with Gasteiger partial charge in [0.15, 0.2) is 0 Å². The van der Waals surface area contributed by atoms with Crippen LogP contribution in [0.25, 0.3) is 0 Å². The lowest BCUT2D eigenvalue weighted by Gasteiger charge is -2.37. The molecule has 0 bridgehead atoms. The fourth-order valence-electron chi connectivity index (χ4n) is 3.42. The van der Waals surface area contributed by atoms with Gasteiger partial charge in [-0.3, -0.25) is 0 Å². The molecule has 0 spiro atoms. The molecule has 1 rings (SSSR count). The smallest absolute Gasteiger partial charge is 0.246 e. The molecule has 1 aromatic rings. The van der Waals surface area contributed by atoms with E-state index in [0.29, 0.717) is 26.2 Å². The molecule has 8 heteroatoms. The highest BCUT2D eigenvalue weighted by atomic mass is 32.2. The van der Waals surface area contributed by atoms with Crippen LogP contribution in [0.4, 0.5) is 10.5 Å². The Morgan fingerprint density at radius 1 is 0.897 bits per heavy atom. The van der Waals surface area contributed by atoms with Gasteiger partial charge in [0.1, 0.15) is 0 Å². The van der Waals surface area contributed by atoms with E-state index in [1.54, 1.807) is 13.8 Å². The largest absolute Gasteiger partial charge is 0.351 e. The van der Waals surface area contributed by atoms with Gasteiger partial charge < -0.3 is 0 Å². The van der Waals surface area contributed by atoms with E-state index in [1.807, 2.05) is 37.1 Å². The summed E-state index contributed by atoms with van der Waals surface area (Å²) in [4.78, 5) is 13.4. The van der Waals surface area contributed by atoms with Gasteiger partial charge in [0.05, 0.1) is 5.69 Å². The van der Waals surface area contributed by atoms with Crippen molar-refractivity contribution in [3.8, 4) is 0 Å². The van der Waals surface area contributed by atoms with Crippen LogP contribution in [0.3, 0.4) is 0 Å². The highest BCUT2D eigenvalue weighted by molar-refractivity contribution is 7.87. The van der Waals surface area contributed by atoms with Crippen LogP contribution >= 0.6 is 0 Å². The van der Waals surface area contributed by atoms with Crippen LogP contribution in [0.1, 0.15) is 78.4 Å². The fraction of sp³-hybridized carbons (Fsp3) is 0.667. The highest BCUT2D eigenvalue weighted by Crippen LogP contribution is 2.36. The van der Waals surface area contributed by atoms with Gasteiger partial charge in [0.2, 0.25) is 0 Å². The summed E-state index contributed by atoms with van der Waals surface area (Å²) in [6.45, 7) is 17.4. The first-order chi connectivity index (χ1) is 13.5. The number of hydrazine groups is 1. The summed E-state index contributed by atoms with van der Waals surface area (Å²) in [5, 5.41) is 3.38. The molecule has 1 N–H and O–H groups in total. The summed E-state index contributed by atoms with van der Waals surface area (Å²) in [6, 6.07) is 5.36. The molecule has 2 amide bonds. The molecule has 0 atom stereocenters. The van der Waals surface area contributed by atoms with Gasteiger partial charge in [-0.1, -0.05) is 73.6 Å². The standard InChI is InChI=1S/C21H38N4O3S/c1-9-23(10-2)25(21(26)22-29(27,28)24(11-3)12-4)20-18(16(5)6)14-13-15-19(20)17(7)8/h13-17H,9-12H2,1-8H3,(H,22,26). The number of urea groups is 1. The third kappa shape index (κ3) is 5.93. The molecule has 0 saturated heterocycles.